The second-order valence-corrected chi connectivity index (χ2v) is 7.02. The van der Waals surface area contributed by atoms with Crippen LogP contribution in [0.1, 0.15) is 38.2 Å². The Kier molecular flexibility index (Phi) is 4.28. The van der Waals surface area contributed by atoms with Crippen molar-refractivity contribution in [1.29, 1.82) is 0 Å². The summed E-state index contributed by atoms with van der Waals surface area (Å²) >= 11 is 0. The van der Waals surface area contributed by atoms with Crippen molar-refractivity contribution < 1.29 is 13.5 Å². The summed E-state index contributed by atoms with van der Waals surface area (Å²) in [6.07, 6.45) is 4.15. The lowest BCUT2D eigenvalue weighted by atomic mass is 10.0. The van der Waals surface area contributed by atoms with Gasteiger partial charge in [-0.3, -0.25) is 0 Å². The van der Waals surface area contributed by atoms with E-state index in [9.17, 15) is 13.5 Å². The van der Waals surface area contributed by atoms with Gasteiger partial charge >= 0.3 is 0 Å². The summed E-state index contributed by atoms with van der Waals surface area (Å²) in [5, 5.41) is 10.2. The van der Waals surface area contributed by atoms with E-state index in [2.05, 4.69) is 4.72 Å². The highest BCUT2D eigenvalue weighted by molar-refractivity contribution is 7.89. The fourth-order valence-electron chi connectivity index (χ4n) is 2.43. The lowest BCUT2D eigenvalue weighted by Gasteiger charge is -2.22. The van der Waals surface area contributed by atoms with Crippen molar-refractivity contribution in [2.45, 2.75) is 49.5 Å². The molecule has 0 radical (unpaired) electrons. The van der Waals surface area contributed by atoms with Crippen LogP contribution in [0.4, 0.5) is 0 Å². The number of rotatable bonds is 5. The van der Waals surface area contributed by atoms with E-state index in [0.717, 1.165) is 24.8 Å². The van der Waals surface area contributed by atoms with Crippen LogP contribution < -0.4 is 4.72 Å². The van der Waals surface area contributed by atoms with Crippen molar-refractivity contribution in [3.8, 4) is 0 Å². The Morgan fingerprint density at radius 1 is 1.21 bits per heavy atom. The molecule has 0 unspecified atom stereocenters. The zero-order valence-corrected chi connectivity index (χ0v) is 12.0. The van der Waals surface area contributed by atoms with Gasteiger partial charge in [0.25, 0.3) is 0 Å². The summed E-state index contributed by atoms with van der Waals surface area (Å²) < 4.78 is 26.7. The Morgan fingerprint density at radius 3 is 2.32 bits per heavy atom. The van der Waals surface area contributed by atoms with Gasteiger partial charge in [-0.25, -0.2) is 13.1 Å². The first-order chi connectivity index (χ1) is 8.95. The molecule has 1 aliphatic carbocycles. The summed E-state index contributed by atoms with van der Waals surface area (Å²) in [7, 11) is -3.52. The van der Waals surface area contributed by atoms with E-state index in [0.29, 0.717) is 12.8 Å². The molecule has 1 fully saturated rings. The monoisotopic (exact) mass is 283 g/mol. The van der Waals surface area contributed by atoms with Gasteiger partial charge in [0, 0.05) is 6.54 Å². The van der Waals surface area contributed by atoms with Crippen LogP contribution in [0.2, 0.25) is 0 Å². The van der Waals surface area contributed by atoms with E-state index in [1.807, 2.05) is 19.1 Å². The van der Waals surface area contributed by atoms with Crippen LogP contribution in [0.25, 0.3) is 0 Å². The maximum absolute atomic E-state index is 12.1. The van der Waals surface area contributed by atoms with E-state index in [-0.39, 0.29) is 11.4 Å². The second-order valence-electron chi connectivity index (χ2n) is 5.25. The van der Waals surface area contributed by atoms with Gasteiger partial charge < -0.3 is 5.11 Å². The van der Waals surface area contributed by atoms with E-state index in [1.165, 1.54) is 0 Å². The summed E-state index contributed by atoms with van der Waals surface area (Å²) in [6, 6.07) is 6.86. The molecule has 1 aromatic rings. The molecule has 1 aliphatic rings. The molecule has 1 aromatic carbocycles. The topological polar surface area (TPSA) is 66.4 Å². The molecule has 4 nitrogen and oxygen atoms in total. The molecule has 2 N–H and O–H groups in total. The van der Waals surface area contributed by atoms with E-state index >= 15 is 0 Å². The highest BCUT2D eigenvalue weighted by Crippen LogP contribution is 2.29. The normalized spacial score (nSPS) is 18.6. The smallest absolute Gasteiger partial charge is 0.240 e. The molecule has 5 heteroatoms. The van der Waals surface area contributed by atoms with Gasteiger partial charge in [-0.1, -0.05) is 31.9 Å². The second kappa shape index (κ2) is 5.61. The van der Waals surface area contributed by atoms with Gasteiger partial charge in [0.2, 0.25) is 10.0 Å². The summed E-state index contributed by atoms with van der Waals surface area (Å²) in [4.78, 5) is 0.256. The predicted molar refractivity (Wildman–Crippen MR) is 74.4 cm³/mol. The number of hydrogen-bond donors (Lipinski definition) is 2. The molecular formula is C14H21NO3S. The molecule has 1 saturated carbocycles. The number of sulfonamides is 1. The fourth-order valence-corrected chi connectivity index (χ4v) is 3.55. The Morgan fingerprint density at radius 2 is 1.79 bits per heavy atom. The minimum Gasteiger partial charge on any atom is -0.389 e. The molecular weight excluding hydrogens is 262 g/mol. The van der Waals surface area contributed by atoms with Gasteiger partial charge in [0.05, 0.1) is 10.5 Å². The van der Waals surface area contributed by atoms with Gasteiger partial charge in [0.1, 0.15) is 0 Å². The third kappa shape index (κ3) is 3.55. The van der Waals surface area contributed by atoms with Crippen LogP contribution in [0.15, 0.2) is 29.2 Å². The molecule has 0 amide bonds. The SMILES string of the molecule is CCc1ccc(S(=O)(=O)NCC2(O)CCCC2)cc1. The van der Waals surface area contributed by atoms with Crippen LogP contribution in [-0.4, -0.2) is 25.7 Å². The molecule has 0 atom stereocenters. The summed E-state index contributed by atoms with van der Waals surface area (Å²) in [6.45, 7) is 2.13. The van der Waals surface area contributed by atoms with Crippen molar-refractivity contribution in [2.24, 2.45) is 0 Å². The third-order valence-electron chi connectivity index (χ3n) is 3.77. The number of nitrogens with one attached hydrogen (secondary N) is 1. The highest BCUT2D eigenvalue weighted by atomic mass is 32.2. The van der Waals surface area contributed by atoms with E-state index in [1.54, 1.807) is 12.1 Å². The number of aryl methyl sites for hydroxylation is 1. The van der Waals surface area contributed by atoms with Crippen molar-refractivity contribution in [2.75, 3.05) is 6.54 Å². The Hall–Kier alpha value is -0.910. The first-order valence-electron chi connectivity index (χ1n) is 6.76. The predicted octanol–water partition coefficient (Wildman–Crippen LogP) is 1.83. The highest BCUT2D eigenvalue weighted by Gasteiger charge is 2.32. The zero-order chi connectivity index (χ0) is 13.9. The standard InChI is InChI=1S/C14H21NO3S/c1-2-12-5-7-13(8-6-12)19(17,18)15-11-14(16)9-3-4-10-14/h5-8,15-16H,2-4,9-11H2,1H3. The maximum Gasteiger partial charge on any atom is 0.240 e. The van der Waals surface area contributed by atoms with Crippen LogP contribution in [0.5, 0.6) is 0 Å². The van der Waals surface area contributed by atoms with Crippen molar-refractivity contribution in [3.63, 3.8) is 0 Å². The largest absolute Gasteiger partial charge is 0.389 e. The Bertz CT molecular complexity index is 516. The number of hydrogen-bond acceptors (Lipinski definition) is 3. The lowest BCUT2D eigenvalue weighted by molar-refractivity contribution is 0.0532. The van der Waals surface area contributed by atoms with Gasteiger partial charge in [0.15, 0.2) is 0 Å². The van der Waals surface area contributed by atoms with Crippen LogP contribution in [-0.2, 0) is 16.4 Å². The molecule has 0 aliphatic heterocycles. The quantitative estimate of drug-likeness (QED) is 0.866. The molecule has 0 bridgehead atoms. The molecule has 106 valence electrons. The van der Waals surface area contributed by atoms with Crippen molar-refractivity contribution in [3.05, 3.63) is 29.8 Å². The van der Waals surface area contributed by atoms with Gasteiger partial charge in [-0.05, 0) is 37.0 Å². The summed E-state index contributed by atoms with van der Waals surface area (Å²) in [5.41, 5.74) is 0.240. The van der Waals surface area contributed by atoms with Crippen LogP contribution >= 0.6 is 0 Å². The molecule has 0 heterocycles. The molecule has 19 heavy (non-hydrogen) atoms. The van der Waals surface area contributed by atoms with Gasteiger partial charge in [-0.15, -0.1) is 0 Å². The number of aliphatic hydroxyl groups is 1. The average molecular weight is 283 g/mol. The maximum atomic E-state index is 12.1. The Labute approximate surface area is 114 Å². The Balaban J connectivity index is 2.05. The zero-order valence-electron chi connectivity index (χ0n) is 11.2. The minimum atomic E-state index is -3.52. The van der Waals surface area contributed by atoms with E-state index in [4.69, 9.17) is 0 Å². The van der Waals surface area contributed by atoms with Crippen LogP contribution in [0.3, 0.4) is 0 Å². The molecule has 2 rings (SSSR count). The minimum absolute atomic E-state index is 0.102. The lowest BCUT2D eigenvalue weighted by Crippen LogP contribution is -2.40. The van der Waals surface area contributed by atoms with Gasteiger partial charge in [-0.2, -0.15) is 0 Å². The number of benzene rings is 1. The fraction of sp³-hybridized carbons (Fsp3) is 0.571. The van der Waals surface area contributed by atoms with E-state index < -0.39 is 15.6 Å². The van der Waals surface area contributed by atoms with Crippen molar-refractivity contribution >= 4 is 10.0 Å². The molecule has 0 aromatic heterocycles. The third-order valence-corrected chi connectivity index (χ3v) is 5.18. The first kappa shape index (κ1) is 14.5. The van der Waals surface area contributed by atoms with Crippen LogP contribution in [0, 0.1) is 0 Å². The van der Waals surface area contributed by atoms with Crippen molar-refractivity contribution in [1.82, 2.24) is 4.72 Å². The molecule has 0 spiro atoms. The molecule has 0 saturated heterocycles. The average Bonchev–Trinajstić information content (AvgIpc) is 2.84. The summed E-state index contributed by atoms with van der Waals surface area (Å²) in [5.74, 6) is 0. The first-order valence-corrected chi connectivity index (χ1v) is 8.24.